The number of imidazole rings is 1. The van der Waals surface area contributed by atoms with Gasteiger partial charge in [0.2, 0.25) is 0 Å². The van der Waals surface area contributed by atoms with E-state index in [2.05, 4.69) is 15.3 Å². The van der Waals surface area contributed by atoms with Crippen molar-refractivity contribution >= 4 is 16.9 Å². The van der Waals surface area contributed by atoms with Gasteiger partial charge in [0.25, 0.3) is 5.91 Å². The highest BCUT2D eigenvalue weighted by Gasteiger charge is 2.14. The molecule has 1 aromatic heterocycles. The Labute approximate surface area is 163 Å². The van der Waals surface area contributed by atoms with Crippen LogP contribution in [-0.2, 0) is 6.61 Å². The molecular formula is C23H21N3O2. The summed E-state index contributed by atoms with van der Waals surface area (Å²) in [5.41, 5.74) is 3.46. The number of nitrogens with one attached hydrogen (secondary N) is 2. The number of benzene rings is 3. The zero-order chi connectivity index (χ0) is 19.3. The SMILES string of the molecule is CC(NC(=O)c1ccc(COc2ccccc2)cc1)c1nc2ccccc2[nH]1. The molecule has 5 nitrogen and oxygen atoms in total. The van der Waals surface area contributed by atoms with E-state index in [1.54, 1.807) is 0 Å². The van der Waals surface area contributed by atoms with Gasteiger partial charge >= 0.3 is 0 Å². The predicted octanol–water partition coefficient (Wildman–Crippen LogP) is 4.63. The molecule has 0 spiro atoms. The molecule has 5 heteroatoms. The summed E-state index contributed by atoms with van der Waals surface area (Å²) in [7, 11) is 0. The van der Waals surface area contributed by atoms with Gasteiger partial charge in [0.1, 0.15) is 18.2 Å². The normalized spacial score (nSPS) is 11.9. The first-order valence-corrected chi connectivity index (χ1v) is 9.21. The molecule has 0 fully saturated rings. The minimum Gasteiger partial charge on any atom is -0.489 e. The minimum atomic E-state index is -0.221. The van der Waals surface area contributed by atoms with Crippen molar-refractivity contribution in [3.63, 3.8) is 0 Å². The number of carbonyl (C=O) groups is 1. The molecule has 0 aliphatic heterocycles. The molecule has 28 heavy (non-hydrogen) atoms. The molecular weight excluding hydrogens is 350 g/mol. The molecule has 0 radical (unpaired) electrons. The van der Waals surface area contributed by atoms with Crippen LogP contribution in [0.1, 0.15) is 34.7 Å². The van der Waals surface area contributed by atoms with Gasteiger partial charge in [-0.25, -0.2) is 4.98 Å². The van der Waals surface area contributed by atoms with Crippen LogP contribution in [0, 0.1) is 0 Å². The third-order valence-electron chi connectivity index (χ3n) is 4.53. The van der Waals surface area contributed by atoms with E-state index in [0.29, 0.717) is 12.2 Å². The average Bonchev–Trinajstić information content (AvgIpc) is 3.18. The Morgan fingerprint density at radius 1 is 1.00 bits per heavy atom. The van der Waals surface area contributed by atoms with Crippen LogP contribution in [0.3, 0.4) is 0 Å². The minimum absolute atomic E-state index is 0.136. The topological polar surface area (TPSA) is 67.0 Å². The lowest BCUT2D eigenvalue weighted by Gasteiger charge is -2.12. The molecule has 140 valence electrons. The van der Waals surface area contributed by atoms with Gasteiger partial charge in [-0.15, -0.1) is 0 Å². The summed E-state index contributed by atoms with van der Waals surface area (Å²) in [6.07, 6.45) is 0. The van der Waals surface area contributed by atoms with E-state index in [1.165, 1.54) is 0 Å². The Morgan fingerprint density at radius 3 is 2.46 bits per heavy atom. The van der Waals surface area contributed by atoms with Crippen LogP contribution in [-0.4, -0.2) is 15.9 Å². The number of rotatable bonds is 6. The smallest absolute Gasteiger partial charge is 0.251 e. The second kappa shape index (κ2) is 7.96. The summed E-state index contributed by atoms with van der Waals surface area (Å²) in [6, 6.07) is 24.7. The first-order chi connectivity index (χ1) is 13.7. The number of aromatic nitrogens is 2. The highest BCUT2D eigenvalue weighted by Crippen LogP contribution is 2.17. The van der Waals surface area contributed by atoms with Gasteiger partial charge in [-0.1, -0.05) is 42.5 Å². The van der Waals surface area contributed by atoms with Crippen molar-refractivity contribution in [2.24, 2.45) is 0 Å². The summed E-state index contributed by atoms with van der Waals surface area (Å²) >= 11 is 0. The summed E-state index contributed by atoms with van der Waals surface area (Å²) in [5, 5.41) is 2.99. The zero-order valence-corrected chi connectivity index (χ0v) is 15.6. The monoisotopic (exact) mass is 371 g/mol. The lowest BCUT2D eigenvalue weighted by Crippen LogP contribution is -2.27. The van der Waals surface area contributed by atoms with Gasteiger partial charge < -0.3 is 15.0 Å². The number of amides is 1. The van der Waals surface area contributed by atoms with Crippen LogP contribution < -0.4 is 10.1 Å². The third kappa shape index (κ3) is 4.04. The highest BCUT2D eigenvalue weighted by atomic mass is 16.5. The zero-order valence-electron chi connectivity index (χ0n) is 15.6. The quantitative estimate of drug-likeness (QED) is 0.519. The molecule has 0 aliphatic carbocycles. The van der Waals surface area contributed by atoms with Gasteiger partial charge in [0, 0.05) is 5.56 Å². The Bertz CT molecular complexity index is 1040. The van der Waals surface area contributed by atoms with Crippen LogP contribution in [0.5, 0.6) is 5.75 Å². The van der Waals surface area contributed by atoms with Crippen molar-refractivity contribution in [2.75, 3.05) is 0 Å². The molecule has 0 saturated carbocycles. The predicted molar refractivity (Wildman–Crippen MR) is 109 cm³/mol. The number of H-pyrrole nitrogens is 1. The van der Waals surface area contributed by atoms with Gasteiger partial charge in [-0.05, 0) is 48.9 Å². The van der Waals surface area contributed by atoms with Crippen molar-refractivity contribution in [1.82, 2.24) is 15.3 Å². The van der Waals surface area contributed by atoms with Crippen molar-refractivity contribution in [3.05, 3.63) is 95.8 Å². The van der Waals surface area contributed by atoms with Crippen molar-refractivity contribution in [3.8, 4) is 5.75 Å². The van der Waals surface area contributed by atoms with Crippen molar-refractivity contribution in [1.29, 1.82) is 0 Å². The maximum absolute atomic E-state index is 12.6. The Kier molecular flexibility index (Phi) is 5.06. The number of hydrogen-bond acceptors (Lipinski definition) is 3. The fraction of sp³-hybridized carbons (Fsp3) is 0.130. The molecule has 2 N–H and O–H groups in total. The summed E-state index contributed by atoms with van der Waals surface area (Å²) in [6.45, 7) is 2.37. The fourth-order valence-corrected chi connectivity index (χ4v) is 2.96. The number of ether oxygens (including phenoxy) is 1. The highest BCUT2D eigenvalue weighted by molar-refractivity contribution is 5.94. The van der Waals surface area contributed by atoms with Crippen LogP contribution >= 0.6 is 0 Å². The van der Waals surface area contributed by atoms with Gasteiger partial charge in [0.05, 0.1) is 17.1 Å². The van der Waals surface area contributed by atoms with Crippen molar-refractivity contribution < 1.29 is 9.53 Å². The molecule has 1 amide bonds. The third-order valence-corrected chi connectivity index (χ3v) is 4.53. The molecule has 1 heterocycles. The van der Waals surface area contributed by atoms with Crippen LogP contribution in [0.2, 0.25) is 0 Å². The molecule has 1 atom stereocenters. The molecule has 0 aliphatic rings. The van der Waals surface area contributed by atoms with Gasteiger partial charge in [-0.3, -0.25) is 4.79 Å². The summed E-state index contributed by atoms with van der Waals surface area (Å²) < 4.78 is 5.73. The van der Waals surface area contributed by atoms with Crippen LogP contribution in [0.4, 0.5) is 0 Å². The maximum atomic E-state index is 12.6. The molecule has 3 aromatic carbocycles. The number of aromatic amines is 1. The van der Waals surface area contributed by atoms with E-state index in [0.717, 1.165) is 28.2 Å². The van der Waals surface area contributed by atoms with E-state index >= 15 is 0 Å². The lowest BCUT2D eigenvalue weighted by molar-refractivity contribution is 0.0938. The number of carbonyl (C=O) groups excluding carboxylic acids is 1. The Hall–Kier alpha value is -3.60. The number of hydrogen-bond donors (Lipinski definition) is 2. The van der Waals surface area contributed by atoms with Gasteiger partial charge in [0.15, 0.2) is 0 Å². The summed E-state index contributed by atoms with van der Waals surface area (Å²) in [4.78, 5) is 20.3. The molecule has 4 aromatic rings. The molecule has 0 saturated heterocycles. The Balaban J connectivity index is 1.37. The molecule has 1 unspecified atom stereocenters. The summed E-state index contributed by atoms with van der Waals surface area (Å²) in [5.74, 6) is 1.43. The first kappa shape index (κ1) is 17.8. The van der Waals surface area contributed by atoms with E-state index in [4.69, 9.17) is 4.74 Å². The number of fused-ring (bicyclic) bond motifs is 1. The molecule has 4 rings (SSSR count). The van der Waals surface area contributed by atoms with E-state index in [-0.39, 0.29) is 11.9 Å². The van der Waals surface area contributed by atoms with E-state index in [9.17, 15) is 4.79 Å². The second-order valence-corrected chi connectivity index (χ2v) is 6.63. The lowest BCUT2D eigenvalue weighted by atomic mass is 10.1. The second-order valence-electron chi connectivity index (χ2n) is 6.63. The van der Waals surface area contributed by atoms with E-state index < -0.39 is 0 Å². The largest absolute Gasteiger partial charge is 0.489 e. The van der Waals surface area contributed by atoms with Crippen LogP contribution in [0.25, 0.3) is 11.0 Å². The fourth-order valence-electron chi connectivity index (χ4n) is 2.96. The van der Waals surface area contributed by atoms with Crippen molar-refractivity contribution in [2.45, 2.75) is 19.6 Å². The average molecular weight is 371 g/mol. The molecule has 0 bridgehead atoms. The van der Waals surface area contributed by atoms with Crippen LogP contribution in [0.15, 0.2) is 78.9 Å². The standard InChI is InChI=1S/C23H21N3O2/c1-16(22-25-20-9-5-6-10-21(20)26-22)24-23(27)18-13-11-17(12-14-18)15-28-19-7-3-2-4-8-19/h2-14,16H,15H2,1H3,(H,24,27)(H,25,26). The number of nitrogens with zero attached hydrogens (tertiary/aromatic N) is 1. The number of para-hydroxylation sites is 3. The Morgan fingerprint density at radius 2 is 1.71 bits per heavy atom. The maximum Gasteiger partial charge on any atom is 0.251 e. The van der Waals surface area contributed by atoms with Gasteiger partial charge in [-0.2, -0.15) is 0 Å². The first-order valence-electron chi connectivity index (χ1n) is 9.21. The van der Waals surface area contributed by atoms with E-state index in [1.807, 2.05) is 85.8 Å².